The van der Waals surface area contributed by atoms with Crippen LogP contribution in [0.15, 0.2) is 42.5 Å². The Bertz CT molecular complexity index is 402. The highest BCUT2D eigenvalue weighted by Gasteiger charge is 1.96. The van der Waals surface area contributed by atoms with Crippen molar-refractivity contribution in [3.05, 3.63) is 42.5 Å². The van der Waals surface area contributed by atoms with Gasteiger partial charge >= 0.3 is 0 Å². The molecule has 80 valence electrons. The summed E-state index contributed by atoms with van der Waals surface area (Å²) in [6.45, 7) is 4.25. The van der Waals surface area contributed by atoms with E-state index in [1.165, 1.54) is 17.2 Å². The number of ether oxygens (including phenoxy) is 1. The maximum atomic E-state index is 5.23. The van der Waals surface area contributed by atoms with Gasteiger partial charge in [0.1, 0.15) is 5.75 Å². The molecule has 0 saturated heterocycles. The lowest BCUT2D eigenvalue weighted by Crippen LogP contribution is -1.83. The summed E-state index contributed by atoms with van der Waals surface area (Å²) in [5.74, 6) is 0.938. The van der Waals surface area contributed by atoms with Crippen molar-refractivity contribution in [1.82, 2.24) is 0 Å². The van der Waals surface area contributed by atoms with E-state index < -0.39 is 0 Å². The Kier molecular flexibility index (Phi) is 4.69. The van der Waals surface area contributed by atoms with Crippen molar-refractivity contribution < 1.29 is 4.74 Å². The normalized spacial score (nSPS) is 9.27. The second-order valence-corrected chi connectivity index (χ2v) is 3.39. The van der Waals surface area contributed by atoms with E-state index in [-0.39, 0.29) is 0 Å². The van der Waals surface area contributed by atoms with Gasteiger partial charge in [-0.1, -0.05) is 56.7 Å². The quantitative estimate of drug-likeness (QED) is 0.671. The molecule has 15 heavy (non-hydrogen) atoms. The minimum atomic E-state index is 0.938. The van der Waals surface area contributed by atoms with Crippen molar-refractivity contribution in [2.24, 2.45) is 0 Å². The zero-order valence-electron chi connectivity index (χ0n) is 9.66. The summed E-state index contributed by atoms with van der Waals surface area (Å²) in [7, 11) is 1.70. The van der Waals surface area contributed by atoms with Gasteiger partial charge in [-0.25, -0.2) is 0 Å². The Morgan fingerprint density at radius 3 is 2.20 bits per heavy atom. The number of hydrogen-bond donors (Lipinski definition) is 0. The van der Waals surface area contributed by atoms with Crippen LogP contribution in [0.4, 0.5) is 0 Å². The zero-order valence-corrected chi connectivity index (χ0v) is 9.66. The topological polar surface area (TPSA) is 9.23 Å². The highest BCUT2D eigenvalue weighted by atomic mass is 16.5. The van der Waals surface area contributed by atoms with Crippen LogP contribution in [0, 0.1) is 0 Å². The van der Waals surface area contributed by atoms with Gasteiger partial charge in [0.05, 0.1) is 7.11 Å². The predicted octanol–water partition coefficient (Wildman–Crippen LogP) is 4.26. The molecule has 0 atom stereocenters. The second kappa shape index (κ2) is 6.07. The van der Waals surface area contributed by atoms with Gasteiger partial charge in [0, 0.05) is 5.39 Å². The molecule has 0 unspecified atom stereocenters. The van der Waals surface area contributed by atoms with Gasteiger partial charge in [0.15, 0.2) is 0 Å². The molecule has 0 aromatic heterocycles. The Morgan fingerprint density at radius 1 is 0.933 bits per heavy atom. The van der Waals surface area contributed by atoms with E-state index in [2.05, 4.69) is 32.0 Å². The molecule has 0 aliphatic rings. The smallest absolute Gasteiger partial charge is 0.126 e. The van der Waals surface area contributed by atoms with E-state index in [0.717, 1.165) is 5.75 Å². The average Bonchev–Trinajstić information content (AvgIpc) is 2.29. The molecule has 1 nitrogen and oxygen atoms in total. The fraction of sp³-hybridized carbons (Fsp3) is 0.286. The molecule has 0 bridgehead atoms. The molecule has 0 saturated carbocycles. The molecule has 0 aliphatic heterocycles. The van der Waals surface area contributed by atoms with Crippen LogP contribution in [0.1, 0.15) is 20.3 Å². The molecule has 0 spiro atoms. The lowest BCUT2D eigenvalue weighted by Gasteiger charge is -2.03. The Labute approximate surface area is 91.7 Å². The van der Waals surface area contributed by atoms with Crippen LogP contribution in [0.2, 0.25) is 0 Å². The first kappa shape index (κ1) is 11.6. The first-order valence-corrected chi connectivity index (χ1v) is 5.35. The minimum Gasteiger partial charge on any atom is -0.496 e. The molecule has 1 heteroatoms. The maximum Gasteiger partial charge on any atom is 0.126 e. The summed E-state index contributed by atoms with van der Waals surface area (Å²) in [5, 5.41) is 2.39. The first-order valence-electron chi connectivity index (χ1n) is 5.35. The van der Waals surface area contributed by atoms with Gasteiger partial charge in [-0.2, -0.15) is 0 Å². The number of hydrogen-bond acceptors (Lipinski definition) is 1. The van der Waals surface area contributed by atoms with Gasteiger partial charge in [-0.3, -0.25) is 0 Å². The summed E-state index contributed by atoms with van der Waals surface area (Å²) in [4.78, 5) is 0. The molecule has 2 rings (SSSR count). The Balaban J connectivity index is 0.000000337. The Hall–Kier alpha value is -1.50. The predicted molar refractivity (Wildman–Crippen MR) is 66.5 cm³/mol. The number of fused-ring (bicyclic) bond motifs is 1. The molecule has 0 radical (unpaired) electrons. The maximum absolute atomic E-state index is 5.23. The summed E-state index contributed by atoms with van der Waals surface area (Å²) in [6.07, 6.45) is 1.25. The third-order valence-electron chi connectivity index (χ3n) is 1.97. The number of benzene rings is 2. The van der Waals surface area contributed by atoms with Crippen LogP contribution in [0.25, 0.3) is 10.8 Å². The van der Waals surface area contributed by atoms with E-state index >= 15 is 0 Å². The largest absolute Gasteiger partial charge is 0.496 e. The molecular formula is C14H18O. The fourth-order valence-corrected chi connectivity index (χ4v) is 1.37. The number of rotatable bonds is 1. The van der Waals surface area contributed by atoms with E-state index in [0.29, 0.717) is 0 Å². The monoisotopic (exact) mass is 202 g/mol. The van der Waals surface area contributed by atoms with Crippen molar-refractivity contribution in [2.45, 2.75) is 20.3 Å². The lowest BCUT2D eigenvalue weighted by atomic mass is 10.1. The molecule has 0 amide bonds. The molecule has 2 aromatic carbocycles. The standard InChI is InChI=1S/C11H10O.C3H8/c1-12-11-8-4-6-9-5-2-3-7-10(9)11;1-3-2/h2-8H,1H3;3H2,1-2H3. The molecule has 2 aromatic rings. The van der Waals surface area contributed by atoms with Crippen molar-refractivity contribution >= 4 is 10.8 Å². The SMILES string of the molecule is CCC.COc1cccc2ccccc12. The van der Waals surface area contributed by atoms with Gasteiger partial charge in [0.2, 0.25) is 0 Å². The van der Waals surface area contributed by atoms with Crippen molar-refractivity contribution in [3.63, 3.8) is 0 Å². The lowest BCUT2D eigenvalue weighted by molar-refractivity contribution is 0.420. The first-order chi connectivity index (χ1) is 7.33. The van der Waals surface area contributed by atoms with Gasteiger partial charge in [0.25, 0.3) is 0 Å². The molecule has 0 fully saturated rings. The molecule has 0 heterocycles. The number of methoxy groups -OCH3 is 1. The van der Waals surface area contributed by atoms with Crippen LogP contribution >= 0.6 is 0 Å². The minimum absolute atomic E-state index is 0.938. The van der Waals surface area contributed by atoms with Crippen molar-refractivity contribution in [2.75, 3.05) is 7.11 Å². The van der Waals surface area contributed by atoms with Gasteiger partial charge < -0.3 is 4.74 Å². The summed E-state index contributed by atoms with van der Waals surface area (Å²) in [6, 6.07) is 14.2. The van der Waals surface area contributed by atoms with Crippen LogP contribution in [-0.2, 0) is 0 Å². The van der Waals surface area contributed by atoms with E-state index in [4.69, 9.17) is 4.74 Å². The summed E-state index contributed by atoms with van der Waals surface area (Å²) < 4.78 is 5.23. The molecular weight excluding hydrogens is 184 g/mol. The van der Waals surface area contributed by atoms with Crippen LogP contribution in [-0.4, -0.2) is 7.11 Å². The Morgan fingerprint density at radius 2 is 1.53 bits per heavy atom. The van der Waals surface area contributed by atoms with Gasteiger partial charge in [-0.15, -0.1) is 0 Å². The van der Waals surface area contributed by atoms with Crippen LogP contribution < -0.4 is 4.74 Å². The van der Waals surface area contributed by atoms with E-state index in [9.17, 15) is 0 Å². The van der Waals surface area contributed by atoms with Crippen molar-refractivity contribution in [3.8, 4) is 5.75 Å². The summed E-state index contributed by atoms with van der Waals surface area (Å²) >= 11 is 0. The zero-order chi connectivity index (χ0) is 11.1. The second-order valence-electron chi connectivity index (χ2n) is 3.39. The van der Waals surface area contributed by atoms with E-state index in [1.54, 1.807) is 7.11 Å². The van der Waals surface area contributed by atoms with Crippen molar-refractivity contribution in [1.29, 1.82) is 0 Å². The van der Waals surface area contributed by atoms with Crippen LogP contribution in [0.3, 0.4) is 0 Å². The third-order valence-corrected chi connectivity index (χ3v) is 1.97. The average molecular weight is 202 g/mol. The summed E-state index contributed by atoms with van der Waals surface area (Å²) in [5.41, 5.74) is 0. The van der Waals surface area contributed by atoms with Crippen LogP contribution in [0.5, 0.6) is 5.75 Å². The highest BCUT2D eigenvalue weighted by Crippen LogP contribution is 2.24. The fourth-order valence-electron chi connectivity index (χ4n) is 1.37. The highest BCUT2D eigenvalue weighted by molar-refractivity contribution is 5.88. The third kappa shape index (κ3) is 2.98. The molecule has 0 aliphatic carbocycles. The van der Waals surface area contributed by atoms with Gasteiger partial charge in [-0.05, 0) is 11.5 Å². The van der Waals surface area contributed by atoms with E-state index in [1.807, 2.05) is 24.3 Å². The molecule has 0 N–H and O–H groups in total.